The number of halogens is 1. The standard InChI is InChI=1S/C16H19FO3/c17-12-1-3-13(4-2-12)20-11-15-5-8-16(9-6-15,10-7-15)14(18)19/h1-4H,5-11H2,(H,18,19). The largest absolute Gasteiger partial charge is 0.493 e. The Hall–Kier alpha value is -1.58. The highest BCUT2D eigenvalue weighted by molar-refractivity contribution is 5.75. The van der Waals surface area contributed by atoms with Gasteiger partial charge in [-0.1, -0.05) is 0 Å². The van der Waals surface area contributed by atoms with Crippen molar-refractivity contribution in [1.29, 1.82) is 0 Å². The maximum atomic E-state index is 12.8. The lowest BCUT2D eigenvalue weighted by Crippen LogP contribution is -2.48. The van der Waals surface area contributed by atoms with Gasteiger partial charge in [-0.25, -0.2) is 4.39 Å². The lowest BCUT2D eigenvalue weighted by atomic mass is 9.54. The first-order valence-electron chi connectivity index (χ1n) is 7.16. The van der Waals surface area contributed by atoms with Crippen molar-refractivity contribution in [1.82, 2.24) is 0 Å². The number of ether oxygens (including phenoxy) is 1. The first-order valence-corrected chi connectivity index (χ1v) is 7.16. The molecule has 0 unspecified atom stereocenters. The van der Waals surface area contributed by atoms with Gasteiger partial charge < -0.3 is 9.84 Å². The minimum Gasteiger partial charge on any atom is -0.493 e. The highest BCUT2D eigenvalue weighted by atomic mass is 19.1. The van der Waals surface area contributed by atoms with Gasteiger partial charge >= 0.3 is 5.97 Å². The van der Waals surface area contributed by atoms with E-state index in [9.17, 15) is 14.3 Å². The number of carboxylic acid groups (broad SMARTS) is 1. The first kappa shape index (κ1) is 13.4. The van der Waals surface area contributed by atoms with E-state index in [-0.39, 0.29) is 11.2 Å². The molecular formula is C16H19FO3. The van der Waals surface area contributed by atoms with E-state index in [4.69, 9.17) is 4.74 Å². The Kier molecular flexibility index (Phi) is 3.19. The highest BCUT2D eigenvalue weighted by Gasteiger charge is 2.52. The molecule has 0 spiro atoms. The highest BCUT2D eigenvalue weighted by Crippen LogP contribution is 2.57. The van der Waals surface area contributed by atoms with Crippen molar-refractivity contribution in [3.05, 3.63) is 30.1 Å². The van der Waals surface area contributed by atoms with Crippen molar-refractivity contribution >= 4 is 5.97 Å². The average molecular weight is 278 g/mol. The number of hydrogen-bond acceptors (Lipinski definition) is 2. The molecule has 20 heavy (non-hydrogen) atoms. The van der Waals surface area contributed by atoms with E-state index >= 15 is 0 Å². The molecule has 0 radical (unpaired) electrons. The molecule has 1 aromatic carbocycles. The van der Waals surface area contributed by atoms with Crippen LogP contribution in [0.25, 0.3) is 0 Å². The number of aliphatic carboxylic acids is 1. The van der Waals surface area contributed by atoms with Gasteiger partial charge in [0.1, 0.15) is 11.6 Å². The van der Waals surface area contributed by atoms with Crippen LogP contribution in [0, 0.1) is 16.6 Å². The third kappa shape index (κ3) is 2.28. The van der Waals surface area contributed by atoms with Gasteiger partial charge in [0.15, 0.2) is 0 Å². The smallest absolute Gasteiger partial charge is 0.309 e. The molecule has 2 bridgehead atoms. The van der Waals surface area contributed by atoms with Gasteiger partial charge in [0.25, 0.3) is 0 Å². The predicted octanol–water partition coefficient (Wildman–Crippen LogP) is 3.63. The molecule has 0 saturated heterocycles. The molecule has 3 aliphatic rings. The summed E-state index contributed by atoms with van der Waals surface area (Å²) in [5.41, 5.74) is -0.358. The van der Waals surface area contributed by atoms with Crippen molar-refractivity contribution in [2.45, 2.75) is 38.5 Å². The average Bonchev–Trinajstić information content (AvgIpc) is 2.48. The Bertz CT molecular complexity index is 484. The van der Waals surface area contributed by atoms with Crippen molar-refractivity contribution in [3.8, 4) is 5.75 Å². The minimum absolute atomic E-state index is 0.117. The Morgan fingerprint density at radius 3 is 2.15 bits per heavy atom. The van der Waals surface area contributed by atoms with Gasteiger partial charge in [0.2, 0.25) is 0 Å². The molecule has 0 heterocycles. The number of carboxylic acids is 1. The lowest BCUT2D eigenvalue weighted by molar-refractivity contribution is -0.160. The van der Waals surface area contributed by atoms with Crippen molar-refractivity contribution < 1.29 is 19.0 Å². The van der Waals surface area contributed by atoms with E-state index < -0.39 is 11.4 Å². The van der Waals surface area contributed by atoms with E-state index in [1.165, 1.54) is 12.1 Å². The van der Waals surface area contributed by atoms with E-state index in [1.54, 1.807) is 12.1 Å². The summed E-state index contributed by atoms with van der Waals surface area (Å²) in [6.45, 7) is 0.605. The van der Waals surface area contributed by atoms with E-state index in [0.29, 0.717) is 12.4 Å². The van der Waals surface area contributed by atoms with Crippen molar-refractivity contribution in [2.75, 3.05) is 6.61 Å². The Balaban J connectivity index is 1.62. The van der Waals surface area contributed by atoms with Gasteiger partial charge in [-0.2, -0.15) is 0 Å². The Morgan fingerprint density at radius 2 is 1.65 bits per heavy atom. The van der Waals surface area contributed by atoms with Crippen LogP contribution in [-0.4, -0.2) is 17.7 Å². The van der Waals surface area contributed by atoms with Crippen LogP contribution in [0.15, 0.2) is 24.3 Å². The summed E-state index contributed by atoms with van der Waals surface area (Å²) in [6, 6.07) is 6.06. The number of benzene rings is 1. The van der Waals surface area contributed by atoms with E-state index in [2.05, 4.69) is 0 Å². The molecule has 3 aliphatic carbocycles. The fraction of sp³-hybridized carbons (Fsp3) is 0.562. The van der Waals surface area contributed by atoms with Gasteiger partial charge in [-0.05, 0) is 62.8 Å². The fourth-order valence-electron chi connectivity index (χ4n) is 3.57. The maximum absolute atomic E-state index is 12.8. The predicted molar refractivity (Wildman–Crippen MR) is 72.1 cm³/mol. The van der Waals surface area contributed by atoms with Gasteiger partial charge in [0.05, 0.1) is 12.0 Å². The molecule has 0 aliphatic heterocycles. The summed E-state index contributed by atoms with van der Waals surface area (Å²) in [5.74, 6) is -0.219. The summed E-state index contributed by atoms with van der Waals surface area (Å²) in [4.78, 5) is 11.4. The van der Waals surface area contributed by atoms with Crippen LogP contribution < -0.4 is 4.74 Å². The van der Waals surface area contributed by atoms with Gasteiger partial charge in [-0.3, -0.25) is 4.79 Å². The van der Waals surface area contributed by atoms with Gasteiger partial charge in [-0.15, -0.1) is 0 Å². The van der Waals surface area contributed by atoms with Gasteiger partial charge in [0, 0.05) is 5.41 Å². The molecule has 108 valence electrons. The second kappa shape index (κ2) is 4.76. The van der Waals surface area contributed by atoms with E-state index in [0.717, 1.165) is 38.5 Å². The third-order valence-corrected chi connectivity index (χ3v) is 5.21. The van der Waals surface area contributed by atoms with Crippen LogP contribution in [0.1, 0.15) is 38.5 Å². The molecule has 1 aromatic rings. The van der Waals surface area contributed by atoms with E-state index in [1.807, 2.05) is 0 Å². The molecule has 4 heteroatoms. The first-order chi connectivity index (χ1) is 9.54. The fourth-order valence-corrected chi connectivity index (χ4v) is 3.57. The SMILES string of the molecule is O=C(O)C12CCC(COc3ccc(F)cc3)(CC1)CC2. The lowest BCUT2D eigenvalue weighted by Gasteiger charge is -2.51. The second-order valence-corrected chi connectivity index (χ2v) is 6.33. The molecule has 0 atom stereocenters. The minimum atomic E-state index is -0.634. The van der Waals surface area contributed by atoms with Crippen LogP contribution in [0.4, 0.5) is 4.39 Å². The summed E-state index contributed by atoms with van der Waals surface area (Å²) in [5, 5.41) is 9.36. The normalized spacial score (nSPS) is 32.0. The van der Waals surface area contributed by atoms with Crippen LogP contribution in [-0.2, 0) is 4.79 Å². The zero-order chi connectivity index (χ0) is 14.2. The molecule has 1 N–H and O–H groups in total. The third-order valence-electron chi connectivity index (χ3n) is 5.21. The summed E-state index contributed by atoms with van der Waals surface area (Å²) in [6.07, 6.45) is 5.03. The van der Waals surface area contributed by atoms with Crippen LogP contribution in [0.3, 0.4) is 0 Å². The summed E-state index contributed by atoms with van der Waals surface area (Å²) < 4.78 is 18.6. The van der Waals surface area contributed by atoms with Crippen molar-refractivity contribution in [2.24, 2.45) is 10.8 Å². The number of hydrogen-bond donors (Lipinski definition) is 1. The molecule has 0 aromatic heterocycles. The van der Waals surface area contributed by atoms with Crippen LogP contribution in [0.2, 0.25) is 0 Å². The zero-order valence-electron chi connectivity index (χ0n) is 11.4. The molecule has 3 saturated carbocycles. The molecule has 3 nitrogen and oxygen atoms in total. The number of fused-ring (bicyclic) bond motifs is 3. The Morgan fingerprint density at radius 1 is 1.10 bits per heavy atom. The summed E-state index contributed by atoms with van der Waals surface area (Å²) in [7, 11) is 0. The van der Waals surface area contributed by atoms with Crippen LogP contribution in [0.5, 0.6) is 5.75 Å². The quantitative estimate of drug-likeness (QED) is 0.914. The zero-order valence-corrected chi connectivity index (χ0v) is 11.4. The summed E-state index contributed by atoms with van der Waals surface area (Å²) >= 11 is 0. The molecule has 4 rings (SSSR count). The van der Waals surface area contributed by atoms with Crippen molar-refractivity contribution in [3.63, 3.8) is 0 Å². The molecular weight excluding hydrogens is 259 g/mol. The topological polar surface area (TPSA) is 46.5 Å². The monoisotopic (exact) mass is 278 g/mol. The molecule has 3 fully saturated rings. The maximum Gasteiger partial charge on any atom is 0.309 e. The number of rotatable bonds is 4. The number of carbonyl (C=O) groups is 1. The van der Waals surface area contributed by atoms with Crippen LogP contribution >= 0.6 is 0 Å². The molecule has 0 amide bonds. The second-order valence-electron chi connectivity index (χ2n) is 6.33. The Labute approximate surface area is 117 Å².